The molecule has 132 valence electrons. The van der Waals surface area contributed by atoms with Gasteiger partial charge in [0.05, 0.1) is 4.92 Å². The van der Waals surface area contributed by atoms with Crippen molar-refractivity contribution in [2.45, 2.75) is 20.4 Å². The topological polar surface area (TPSA) is 93.0 Å². The quantitative estimate of drug-likeness (QED) is 0.507. The zero-order chi connectivity index (χ0) is 18.5. The third kappa shape index (κ3) is 3.94. The second kappa shape index (κ2) is 7.60. The van der Waals surface area contributed by atoms with Gasteiger partial charge in [-0.15, -0.1) is 0 Å². The van der Waals surface area contributed by atoms with Crippen LogP contribution in [0.3, 0.4) is 0 Å². The third-order valence-electron chi connectivity index (χ3n) is 3.98. The summed E-state index contributed by atoms with van der Waals surface area (Å²) in [5.74, 6) is 0.340. The molecule has 0 aliphatic rings. The summed E-state index contributed by atoms with van der Waals surface area (Å²) < 4.78 is 0. The van der Waals surface area contributed by atoms with Crippen molar-refractivity contribution in [3.63, 3.8) is 0 Å². The van der Waals surface area contributed by atoms with Crippen LogP contribution in [-0.4, -0.2) is 14.9 Å². The molecule has 7 heteroatoms. The van der Waals surface area contributed by atoms with Crippen LogP contribution in [0.15, 0.2) is 54.9 Å². The van der Waals surface area contributed by atoms with Gasteiger partial charge >= 0.3 is 5.69 Å². The second-order valence-electron chi connectivity index (χ2n) is 5.96. The van der Waals surface area contributed by atoms with Crippen LogP contribution >= 0.6 is 0 Å². The molecule has 3 rings (SSSR count). The molecule has 1 heterocycles. The van der Waals surface area contributed by atoms with Crippen LogP contribution in [0.25, 0.3) is 0 Å². The maximum absolute atomic E-state index is 11.6. The maximum Gasteiger partial charge on any atom is 0.353 e. The molecule has 0 saturated carbocycles. The van der Waals surface area contributed by atoms with Gasteiger partial charge in [-0.3, -0.25) is 10.1 Å². The highest BCUT2D eigenvalue weighted by molar-refractivity contribution is 5.74. The minimum atomic E-state index is -0.474. The fourth-order valence-corrected chi connectivity index (χ4v) is 2.50. The highest BCUT2D eigenvalue weighted by atomic mass is 16.6. The van der Waals surface area contributed by atoms with E-state index in [2.05, 4.69) is 20.6 Å². The Bertz CT molecular complexity index is 925. The standard InChI is InChI=1S/C19H19N5O2/c1-13-7-9-15(10-8-13)11-20-18-17(24(25)26)19(22-12-21-18)23-16-6-4-3-5-14(16)2/h3-10,12H,11H2,1-2H3,(H2,20,21,22,23). The molecule has 0 bridgehead atoms. The average Bonchev–Trinajstić information content (AvgIpc) is 2.63. The number of aryl methyl sites for hydroxylation is 2. The Labute approximate surface area is 151 Å². The van der Waals surface area contributed by atoms with Crippen molar-refractivity contribution < 1.29 is 4.92 Å². The Morgan fingerprint density at radius 1 is 1.00 bits per heavy atom. The number of nitrogens with zero attached hydrogens (tertiary/aromatic N) is 3. The van der Waals surface area contributed by atoms with Crippen LogP contribution in [0.4, 0.5) is 23.0 Å². The maximum atomic E-state index is 11.6. The normalized spacial score (nSPS) is 10.4. The molecule has 0 atom stereocenters. The van der Waals surface area contributed by atoms with E-state index in [9.17, 15) is 10.1 Å². The van der Waals surface area contributed by atoms with Gasteiger partial charge in [0.1, 0.15) is 6.33 Å². The summed E-state index contributed by atoms with van der Waals surface area (Å²) in [7, 11) is 0. The van der Waals surface area contributed by atoms with Crippen molar-refractivity contribution in [2.24, 2.45) is 0 Å². The number of nitrogens with one attached hydrogen (secondary N) is 2. The second-order valence-corrected chi connectivity index (χ2v) is 5.96. The van der Waals surface area contributed by atoms with E-state index in [0.29, 0.717) is 6.54 Å². The summed E-state index contributed by atoms with van der Waals surface area (Å²) in [6, 6.07) is 15.5. The van der Waals surface area contributed by atoms with Crippen molar-refractivity contribution in [1.82, 2.24) is 9.97 Å². The fourth-order valence-electron chi connectivity index (χ4n) is 2.50. The average molecular weight is 349 g/mol. The lowest BCUT2D eigenvalue weighted by Gasteiger charge is -2.11. The lowest BCUT2D eigenvalue weighted by atomic mass is 10.1. The van der Waals surface area contributed by atoms with Crippen LogP contribution in [0, 0.1) is 24.0 Å². The highest BCUT2D eigenvalue weighted by Crippen LogP contribution is 2.32. The molecular formula is C19H19N5O2. The number of anilines is 3. The Hall–Kier alpha value is -3.48. The van der Waals surface area contributed by atoms with Crippen LogP contribution in [0.2, 0.25) is 0 Å². The predicted octanol–water partition coefficient (Wildman–Crippen LogP) is 4.36. The van der Waals surface area contributed by atoms with Crippen LogP contribution in [-0.2, 0) is 6.54 Å². The largest absolute Gasteiger partial charge is 0.360 e. The van der Waals surface area contributed by atoms with Gasteiger partial charge in [-0.05, 0) is 31.0 Å². The molecule has 0 aliphatic heterocycles. The SMILES string of the molecule is Cc1ccc(CNc2ncnc(Nc3ccccc3C)c2[N+](=O)[O-])cc1. The molecule has 7 nitrogen and oxygen atoms in total. The van der Waals surface area contributed by atoms with Gasteiger partial charge in [-0.1, -0.05) is 48.0 Å². The zero-order valence-electron chi connectivity index (χ0n) is 14.6. The van der Waals surface area contributed by atoms with Crippen LogP contribution in [0.5, 0.6) is 0 Å². The van der Waals surface area contributed by atoms with Gasteiger partial charge in [0.2, 0.25) is 11.6 Å². The van der Waals surface area contributed by atoms with Gasteiger partial charge in [0.25, 0.3) is 0 Å². The number of hydrogen-bond donors (Lipinski definition) is 2. The van der Waals surface area contributed by atoms with Crippen LogP contribution < -0.4 is 10.6 Å². The third-order valence-corrected chi connectivity index (χ3v) is 3.98. The molecule has 0 amide bonds. The smallest absolute Gasteiger partial charge is 0.353 e. The number of rotatable bonds is 6. The van der Waals surface area contributed by atoms with Gasteiger partial charge in [0, 0.05) is 12.2 Å². The van der Waals surface area contributed by atoms with E-state index in [1.807, 2.05) is 62.4 Å². The monoisotopic (exact) mass is 349 g/mol. The van der Waals surface area contributed by atoms with Crippen molar-refractivity contribution >= 4 is 23.0 Å². The summed E-state index contributed by atoms with van der Waals surface area (Å²) in [5, 5.41) is 17.7. The van der Waals surface area contributed by atoms with E-state index >= 15 is 0 Å². The highest BCUT2D eigenvalue weighted by Gasteiger charge is 2.23. The molecule has 3 aromatic rings. The molecule has 0 fully saturated rings. The van der Waals surface area contributed by atoms with Gasteiger partial charge < -0.3 is 10.6 Å². The molecule has 0 aliphatic carbocycles. The number of hydrogen-bond acceptors (Lipinski definition) is 6. The Balaban J connectivity index is 1.87. The van der Waals surface area contributed by atoms with Gasteiger partial charge in [-0.25, -0.2) is 9.97 Å². The van der Waals surface area contributed by atoms with E-state index < -0.39 is 4.92 Å². The molecular weight excluding hydrogens is 330 g/mol. The van der Waals surface area contributed by atoms with Crippen molar-refractivity contribution in [1.29, 1.82) is 0 Å². The van der Waals surface area contributed by atoms with E-state index in [1.165, 1.54) is 6.33 Å². The Morgan fingerprint density at radius 3 is 2.38 bits per heavy atom. The number of benzene rings is 2. The number of nitro groups is 1. The molecule has 0 radical (unpaired) electrons. The first-order valence-corrected chi connectivity index (χ1v) is 8.16. The lowest BCUT2D eigenvalue weighted by Crippen LogP contribution is -2.08. The summed E-state index contributed by atoms with van der Waals surface area (Å²) >= 11 is 0. The summed E-state index contributed by atoms with van der Waals surface area (Å²) in [6.45, 7) is 4.36. The summed E-state index contributed by atoms with van der Waals surface area (Å²) in [6.07, 6.45) is 1.31. The molecule has 0 spiro atoms. The van der Waals surface area contributed by atoms with Crippen molar-refractivity contribution in [3.8, 4) is 0 Å². The fraction of sp³-hybridized carbons (Fsp3) is 0.158. The molecule has 2 aromatic carbocycles. The summed E-state index contributed by atoms with van der Waals surface area (Å²) in [4.78, 5) is 19.3. The number of para-hydroxylation sites is 1. The molecule has 0 saturated heterocycles. The minimum absolute atomic E-state index is 0.158. The van der Waals surface area contributed by atoms with E-state index in [4.69, 9.17) is 0 Å². The van der Waals surface area contributed by atoms with Crippen molar-refractivity contribution in [3.05, 3.63) is 81.7 Å². The first-order valence-electron chi connectivity index (χ1n) is 8.16. The zero-order valence-corrected chi connectivity index (χ0v) is 14.6. The van der Waals surface area contributed by atoms with E-state index in [-0.39, 0.29) is 17.3 Å². The van der Waals surface area contributed by atoms with E-state index in [0.717, 1.165) is 22.4 Å². The Morgan fingerprint density at radius 2 is 1.69 bits per heavy atom. The summed E-state index contributed by atoms with van der Waals surface area (Å²) in [5.41, 5.74) is 3.72. The minimum Gasteiger partial charge on any atom is -0.360 e. The number of aromatic nitrogens is 2. The van der Waals surface area contributed by atoms with Gasteiger partial charge in [0.15, 0.2) is 0 Å². The first kappa shape index (κ1) is 17.3. The molecule has 26 heavy (non-hydrogen) atoms. The van der Waals surface area contributed by atoms with Crippen LogP contribution in [0.1, 0.15) is 16.7 Å². The Kier molecular flexibility index (Phi) is 5.07. The van der Waals surface area contributed by atoms with Gasteiger partial charge in [-0.2, -0.15) is 0 Å². The molecule has 1 aromatic heterocycles. The van der Waals surface area contributed by atoms with E-state index in [1.54, 1.807) is 0 Å². The predicted molar refractivity (Wildman–Crippen MR) is 102 cm³/mol. The lowest BCUT2D eigenvalue weighted by molar-refractivity contribution is -0.383. The first-order chi connectivity index (χ1) is 12.5. The molecule has 0 unspecified atom stereocenters. The van der Waals surface area contributed by atoms with Crippen molar-refractivity contribution in [2.75, 3.05) is 10.6 Å². The molecule has 2 N–H and O–H groups in total.